The molecule has 1 aromatic carbocycles. The average molecular weight is 579 g/mol. The van der Waals surface area contributed by atoms with Crippen molar-refractivity contribution in [3.05, 3.63) is 59.9 Å². The molecule has 1 amide bonds. The number of aliphatic carboxylic acids is 2. The summed E-state index contributed by atoms with van der Waals surface area (Å²) >= 11 is 0. The molecule has 15 heteroatoms. The number of ether oxygens (including phenoxy) is 1. The molecule has 2 saturated heterocycles. The topological polar surface area (TPSA) is 129 Å². The van der Waals surface area contributed by atoms with E-state index in [1.807, 2.05) is 12.1 Å². The number of piperidine rings is 1. The number of aryl methyl sites for hydroxylation is 1. The first kappa shape index (κ1) is 32.5. The molecule has 9 nitrogen and oxygen atoms in total. The van der Waals surface area contributed by atoms with E-state index in [4.69, 9.17) is 24.5 Å². The highest BCUT2D eigenvalue weighted by Crippen LogP contribution is 2.34. The maximum Gasteiger partial charge on any atom is 0.490 e. The SMILES string of the molecule is Cc1ccccc1CN1CC[C@H]2C[C@H](C(=O)Nc3cccnc3)O[C@@H]2C1.O=C(O)C(F)(F)F.O=C(O)C(F)(F)F. The highest BCUT2D eigenvalue weighted by Gasteiger charge is 2.42. The number of halogens is 6. The third-order valence-electron chi connectivity index (χ3n) is 6.00. The Morgan fingerprint density at radius 2 is 1.62 bits per heavy atom. The number of pyridine rings is 1. The minimum atomic E-state index is -5.08. The number of fused-ring (bicyclic) bond motifs is 1. The molecule has 3 N–H and O–H groups in total. The van der Waals surface area contributed by atoms with Crippen molar-refractivity contribution in [1.29, 1.82) is 0 Å². The molecule has 220 valence electrons. The zero-order valence-corrected chi connectivity index (χ0v) is 21.1. The van der Waals surface area contributed by atoms with E-state index in [0.717, 1.165) is 38.2 Å². The van der Waals surface area contributed by atoms with Gasteiger partial charge in [-0.3, -0.25) is 14.7 Å². The van der Waals surface area contributed by atoms with Gasteiger partial charge in [-0.1, -0.05) is 24.3 Å². The number of carboxylic acid groups (broad SMARTS) is 2. The van der Waals surface area contributed by atoms with Crippen molar-refractivity contribution in [2.45, 2.75) is 50.9 Å². The number of carbonyl (C=O) groups excluding carboxylic acids is 1. The molecule has 3 heterocycles. The first-order valence-corrected chi connectivity index (χ1v) is 11.8. The lowest BCUT2D eigenvalue weighted by molar-refractivity contribution is -0.193. The number of amides is 1. The Balaban J connectivity index is 0.000000333. The molecule has 2 aromatic rings. The lowest BCUT2D eigenvalue weighted by atomic mass is 9.91. The summed E-state index contributed by atoms with van der Waals surface area (Å²) in [5.41, 5.74) is 3.42. The molecule has 2 fully saturated rings. The van der Waals surface area contributed by atoms with Crippen LogP contribution < -0.4 is 5.32 Å². The van der Waals surface area contributed by atoms with Crippen LogP contribution >= 0.6 is 0 Å². The number of hydrogen-bond donors (Lipinski definition) is 3. The van der Waals surface area contributed by atoms with E-state index < -0.39 is 24.3 Å². The van der Waals surface area contributed by atoms with E-state index in [9.17, 15) is 31.1 Å². The molecule has 0 saturated carbocycles. The lowest BCUT2D eigenvalue weighted by Crippen LogP contribution is -2.42. The Bertz CT molecular complexity index is 1120. The van der Waals surface area contributed by atoms with Crippen molar-refractivity contribution in [1.82, 2.24) is 9.88 Å². The second-order valence-electron chi connectivity index (χ2n) is 8.95. The van der Waals surface area contributed by atoms with Gasteiger partial charge in [-0.15, -0.1) is 0 Å². The van der Waals surface area contributed by atoms with Crippen LogP contribution in [0, 0.1) is 12.8 Å². The highest BCUT2D eigenvalue weighted by atomic mass is 19.4. The van der Waals surface area contributed by atoms with Gasteiger partial charge in [0, 0.05) is 19.3 Å². The number of nitrogens with one attached hydrogen (secondary N) is 1. The number of anilines is 1. The van der Waals surface area contributed by atoms with Crippen LogP contribution in [-0.2, 0) is 25.7 Å². The zero-order valence-electron chi connectivity index (χ0n) is 21.1. The van der Waals surface area contributed by atoms with E-state index >= 15 is 0 Å². The number of hydrogen-bond acceptors (Lipinski definition) is 6. The van der Waals surface area contributed by atoms with Crippen LogP contribution in [0.25, 0.3) is 0 Å². The van der Waals surface area contributed by atoms with Crippen molar-refractivity contribution in [2.24, 2.45) is 5.92 Å². The number of aromatic nitrogens is 1. The molecule has 2 aliphatic heterocycles. The molecule has 4 rings (SSSR count). The molecule has 40 heavy (non-hydrogen) atoms. The van der Waals surface area contributed by atoms with Gasteiger partial charge in [-0.2, -0.15) is 26.3 Å². The van der Waals surface area contributed by atoms with Crippen LogP contribution in [0.4, 0.5) is 32.0 Å². The normalized spacial score (nSPS) is 20.6. The molecular formula is C25H27F6N3O6. The summed E-state index contributed by atoms with van der Waals surface area (Å²) in [5.74, 6) is -5.09. The molecule has 0 aliphatic carbocycles. The van der Waals surface area contributed by atoms with Gasteiger partial charge in [0.1, 0.15) is 6.10 Å². The van der Waals surface area contributed by atoms with Crippen LogP contribution in [-0.4, -0.2) is 75.6 Å². The van der Waals surface area contributed by atoms with Crippen molar-refractivity contribution in [3.63, 3.8) is 0 Å². The quantitative estimate of drug-likeness (QED) is 0.458. The van der Waals surface area contributed by atoms with Crippen molar-refractivity contribution >= 4 is 23.5 Å². The van der Waals surface area contributed by atoms with Crippen LogP contribution in [0.2, 0.25) is 0 Å². The second kappa shape index (κ2) is 14.1. The first-order chi connectivity index (χ1) is 18.6. The maximum atomic E-state index is 12.5. The van der Waals surface area contributed by atoms with Gasteiger partial charge in [0.05, 0.1) is 18.0 Å². The molecule has 0 unspecified atom stereocenters. The Morgan fingerprint density at radius 1 is 1.02 bits per heavy atom. The third kappa shape index (κ3) is 10.4. The summed E-state index contributed by atoms with van der Waals surface area (Å²) in [4.78, 5) is 36.8. The first-order valence-electron chi connectivity index (χ1n) is 11.8. The van der Waals surface area contributed by atoms with Gasteiger partial charge in [0.2, 0.25) is 0 Å². The van der Waals surface area contributed by atoms with E-state index in [1.165, 1.54) is 11.1 Å². The predicted octanol–water partition coefficient (Wildman–Crippen LogP) is 4.27. The number of rotatable bonds is 4. The van der Waals surface area contributed by atoms with Crippen molar-refractivity contribution in [3.8, 4) is 0 Å². The summed E-state index contributed by atoms with van der Waals surface area (Å²) in [7, 11) is 0. The maximum absolute atomic E-state index is 12.5. The van der Waals surface area contributed by atoms with Crippen molar-refractivity contribution in [2.75, 3.05) is 18.4 Å². The van der Waals surface area contributed by atoms with E-state index in [2.05, 4.69) is 46.4 Å². The van der Waals surface area contributed by atoms with Crippen molar-refractivity contribution < 1.29 is 55.7 Å². The van der Waals surface area contributed by atoms with Gasteiger partial charge < -0.3 is 20.3 Å². The standard InChI is InChI=1S/C21H25N3O2.2C2HF3O2/c1-15-5-2-3-6-17(15)13-24-10-8-16-11-19(26-20(16)14-24)21(25)23-18-7-4-9-22-12-18;2*3-2(4,5)1(6)7/h2-7,9,12,16,19-20H,8,10-11,13-14H2,1H3,(H,23,25);2*(H,6,7)/t16-,19+,20+;;/m0../s1. The van der Waals surface area contributed by atoms with E-state index in [-0.39, 0.29) is 18.1 Å². The van der Waals surface area contributed by atoms with Crippen LogP contribution in [0.5, 0.6) is 0 Å². The van der Waals surface area contributed by atoms with Gasteiger partial charge >= 0.3 is 24.3 Å². The summed E-state index contributed by atoms with van der Waals surface area (Å²) in [6, 6.07) is 12.2. The minimum absolute atomic E-state index is 0.0575. The van der Waals surface area contributed by atoms with Gasteiger partial charge in [0.15, 0.2) is 0 Å². The number of carbonyl (C=O) groups is 3. The summed E-state index contributed by atoms with van der Waals surface area (Å²) in [5, 5.41) is 17.2. The number of alkyl halides is 6. The van der Waals surface area contributed by atoms with Gasteiger partial charge in [-0.25, -0.2) is 9.59 Å². The Kier molecular flexibility index (Phi) is 11.4. The fraction of sp³-hybridized carbons (Fsp3) is 0.440. The monoisotopic (exact) mass is 579 g/mol. The molecule has 0 bridgehead atoms. The van der Waals surface area contributed by atoms with E-state index in [0.29, 0.717) is 5.92 Å². The fourth-order valence-corrected chi connectivity index (χ4v) is 3.99. The molecular weight excluding hydrogens is 552 g/mol. The average Bonchev–Trinajstić information content (AvgIpc) is 3.29. The van der Waals surface area contributed by atoms with Gasteiger partial charge in [-0.05, 0) is 55.5 Å². The molecule has 1 aromatic heterocycles. The Morgan fingerprint density at radius 3 is 2.15 bits per heavy atom. The Hall–Kier alpha value is -3.72. The van der Waals surface area contributed by atoms with Crippen LogP contribution in [0.15, 0.2) is 48.8 Å². The van der Waals surface area contributed by atoms with Crippen LogP contribution in [0.1, 0.15) is 24.0 Å². The summed E-state index contributed by atoms with van der Waals surface area (Å²) in [6.07, 6.45) is -5.12. The highest BCUT2D eigenvalue weighted by molar-refractivity contribution is 5.94. The van der Waals surface area contributed by atoms with Crippen LogP contribution in [0.3, 0.4) is 0 Å². The number of carboxylic acids is 2. The Labute approximate surface area is 224 Å². The number of benzene rings is 1. The summed E-state index contributed by atoms with van der Waals surface area (Å²) in [6.45, 7) is 5.07. The smallest absolute Gasteiger partial charge is 0.475 e. The minimum Gasteiger partial charge on any atom is -0.475 e. The van der Waals surface area contributed by atoms with E-state index in [1.54, 1.807) is 12.4 Å². The lowest BCUT2D eigenvalue weighted by Gasteiger charge is -2.34. The molecule has 2 aliphatic rings. The summed E-state index contributed by atoms with van der Waals surface area (Å²) < 4.78 is 69.6. The molecule has 0 radical (unpaired) electrons. The molecule has 0 spiro atoms. The molecule has 3 atom stereocenters. The second-order valence-corrected chi connectivity index (χ2v) is 8.95. The number of nitrogens with zero attached hydrogens (tertiary/aromatic N) is 2. The number of likely N-dealkylation sites (tertiary alicyclic amines) is 1. The zero-order chi connectivity index (χ0) is 30.1. The predicted molar refractivity (Wildman–Crippen MR) is 128 cm³/mol. The largest absolute Gasteiger partial charge is 0.490 e. The van der Waals surface area contributed by atoms with Gasteiger partial charge in [0.25, 0.3) is 5.91 Å². The fourth-order valence-electron chi connectivity index (χ4n) is 3.99. The third-order valence-corrected chi connectivity index (χ3v) is 6.00.